The molecule has 2 rings (SSSR count). The van der Waals surface area contributed by atoms with Gasteiger partial charge in [-0.1, -0.05) is 31.5 Å². The zero-order valence-electron chi connectivity index (χ0n) is 12.0. The van der Waals surface area contributed by atoms with Crippen molar-refractivity contribution >= 4 is 16.7 Å². The number of benzene rings is 1. The van der Waals surface area contributed by atoms with Crippen LogP contribution in [0.5, 0.6) is 0 Å². The molecule has 1 amide bonds. The van der Waals surface area contributed by atoms with Crippen molar-refractivity contribution in [2.24, 2.45) is 0 Å². The normalized spacial score (nSPS) is 10.7. The standard InChI is InChI=1S/C16H20N2O2/c1-3-4-10-17(2)15(19)12-18-11-9-13-7-5-6-8-14(13)16(18)20/h5-9,11H,3-4,10,12H2,1-2H3. The topological polar surface area (TPSA) is 42.3 Å². The Kier molecular flexibility index (Phi) is 4.56. The van der Waals surface area contributed by atoms with Crippen molar-refractivity contribution in [1.29, 1.82) is 0 Å². The summed E-state index contributed by atoms with van der Waals surface area (Å²) in [5, 5.41) is 1.56. The summed E-state index contributed by atoms with van der Waals surface area (Å²) in [6.45, 7) is 2.92. The molecule has 106 valence electrons. The third-order valence-electron chi connectivity index (χ3n) is 3.46. The van der Waals surface area contributed by atoms with Gasteiger partial charge < -0.3 is 9.47 Å². The number of carbonyl (C=O) groups excluding carboxylic acids is 1. The smallest absolute Gasteiger partial charge is 0.258 e. The van der Waals surface area contributed by atoms with Gasteiger partial charge in [-0.3, -0.25) is 9.59 Å². The van der Waals surface area contributed by atoms with Gasteiger partial charge in [-0.05, 0) is 23.9 Å². The summed E-state index contributed by atoms with van der Waals surface area (Å²) in [7, 11) is 1.78. The average molecular weight is 272 g/mol. The van der Waals surface area contributed by atoms with E-state index in [1.165, 1.54) is 4.57 Å². The van der Waals surface area contributed by atoms with Crippen LogP contribution in [0.15, 0.2) is 41.3 Å². The van der Waals surface area contributed by atoms with Crippen molar-refractivity contribution in [3.63, 3.8) is 0 Å². The van der Waals surface area contributed by atoms with Crippen molar-refractivity contribution in [3.05, 3.63) is 46.9 Å². The highest BCUT2D eigenvalue weighted by molar-refractivity contribution is 5.82. The second kappa shape index (κ2) is 6.37. The maximum Gasteiger partial charge on any atom is 0.258 e. The van der Waals surface area contributed by atoms with Gasteiger partial charge in [0.15, 0.2) is 0 Å². The summed E-state index contributed by atoms with van der Waals surface area (Å²) in [6, 6.07) is 9.30. The van der Waals surface area contributed by atoms with Gasteiger partial charge in [-0.15, -0.1) is 0 Å². The zero-order chi connectivity index (χ0) is 14.5. The lowest BCUT2D eigenvalue weighted by atomic mass is 10.2. The van der Waals surface area contributed by atoms with Gasteiger partial charge >= 0.3 is 0 Å². The van der Waals surface area contributed by atoms with Crippen LogP contribution in [0, 0.1) is 0 Å². The van der Waals surface area contributed by atoms with Gasteiger partial charge in [0.25, 0.3) is 5.56 Å². The number of pyridine rings is 1. The number of rotatable bonds is 5. The Hall–Kier alpha value is -2.10. The summed E-state index contributed by atoms with van der Waals surface area (Å²) in [4.78, 5) is 26.1. The summed E-state index contributed by atoms with van der Waals surface area (Å²) >= 11 is 0. The van der Waals surface area contributed by atoms with E-state index in [0.717, 1.165) is 24.8 Å². The molecule has 2 aromatic rings. The van der Waals surface area contributed by atoms with E-state index in [1.807, 2.05) is 24.3 Å². The summed E-state index contributed by atoms with van der Waals surface area (Å²) < 4.78 is 1.48. The van der Waals surface area contributed by atoms with Gasteiger partial charge in [-0.25, -0.2) is 0 Å². The van der Waals surface area contributed by atoms with Crippen LogP contribution in [-0.4, -0.2) is 29.0 Å². The zero-order valence-corrected chi connectivity index (χ0v) is 12.0. The first-order valence-corrected chi connectivity index (χ1v) is 6.95. The van der Waals surface area contributed by atoms with Crippen molar-refractivity contribution in [3.8, 4) is 0 Å². The monoisotopic (exact) mass is 272 g/mol. The Morgan fingerprint density at radius 2 is 2.00 bits per heavy atom. The molecule has 0 aliphatic rings. The van der Waals surface area contributed by atoms with E-state index in [4.69, 9.17) is 0 Å². The quantitative estimate of drug-likeness (QED) is 0.838. The van der Waals surface area contributed by atoms with Crippen molar-refractivity contribution < 1.29 is 4.79 Å². The summed E-state index contributed by atoms with van der Waals surface area (Å²) in [5.41, 5.74) is -0.111. The molecule has 0 spiro atoms. The van der Waals surface area contributed by atoms with Crippen molar-refractivity contribution in [2.75, 3.05) is 13.6 Å². The third kappa shape index (κ3) is 3.07. The summed E-state index contributed by atoms with van der Waals surface area (Å²) in [6.07, 6.45) is 3.72. The number of likely N-dealkylation sites (N-methyl/N-ethyl adjacent to an activating group) is 1. The molecule has 0 radical (unpaired) electrons. The highest BCUT2D eigenvalue weighted by atomic mass is 16.2. The van der Waals surface area contributed by atoms with E-state index >= 15 is 0 Å². The first kappa shape index (κ1) is 14.3. The van der Waals surface area contributed by atoms with E-state index in [9.17, 15) is 9.59 Å². The molecule has 0 atom stereocenters. The van der Waals surface area contributed by atoms with Crippen molar-refractivity contribution in [1.82, 2.24) is 9.47 Å². The molecule has 0 saturated carbocycles. The highest BCUT2D eigenvalue weighted by Crippen LogP contribution is 2.08. The Balaban J connectivity index is 2.20. The van der Waals surface area contributed by atoms with Gasteiger partial charge in [0, 0.05) is 25.2 Å². The fourth-order valence-electron chi connectivity index (χ4n) is 2.14. The molecule has 0 fully saturated rings. The predicted octanol–water partition coefficient (Wildman–Crippen LogP) is 2.26. The van der Waals surface area contributed by atoms with Gasteiger partial charge in [-0.2, -0.15) is 0 Å². The fourth-order valence-corrected chi connectivity index (χ4v) is 2.14. The van der Waals surface area contributed by atoms with Crippen LogP contribution in [0.4, 0.5) is 0 Å². The fraction of sp³-hybridized carbons (Fsp3) is 0.375. The number of amides is 1. The minimum atomic E-state index is -0.111. The molecule has 0 saturated heterocycles. The van der Waals surface area contributed by atoms with E-state index in [0.29, 0.717) is 5.39 Å². The maximum absolute atomic E-state index is 12.3. The van der Waals surface area contributed by atoms with E-state index in [1.54, 1.807) is 24.2 Å². The minimum Gasteiger partial charge on any atom is -0.344 e. The number of unbranched alkanes of at least 4 members (excludes halogenated alkanes) is 1. The number of nitrogens with zero attached hydrogens (tertiary/aromatic N) is 2. The van der Waals surface area contributed by atoms with Crippen LogP contribution in [0.25, 0.3) is 10.8 Å². The highest BCUT2D eigenvalue weighted by Gasteiger charge is 2.10. The summed E-state index contributed by atoms with van der Waals surface area (Å²) in [5.74, 6) is -0.0316. The third-order valence-corrected chi connectivity index (χ3v) is 3.46. The Morgan fingerprint density at radius 3 is 2.75 bits per heavy atom. The second-order valence-electron chi connectivity index (χ2n) is 5.00. The molecular formula is C16H20N2O2. The van der Waals surface area contributed by atoms with Crippen LogP contribution in [-0.2, 0) is 11.3 Å². The van der Waals surface area contributed by atoms with E-state index in [2.05, 4.69) is 6.92 Å². The molecule has 0 N–H and O–H groups in total. The molecule has 1 aromatic heterocycles. The molecule has 1 heterocycles. The lowest BCUT2D eigenvalue weighted by Crippen LogP contribution is -2.34. The molecule has 4 heteroatoms. The van der Waals surface area contributed by atoms with Crippen LogP contribution in [0.1, 0.15) is 19.8 Å². The lowest BCUT2D eigenvalue weighted by Gasteiger charge is -2.17. The first-order valence-electron chi connectivity index (χ1n) is 6.95. The van der Waals surface area contributed by atoms with E-state index in [-0.39, 0.29) is 18.0 Å². The average Bonchev–Trinajstić information content (AvgIpc) is 2.47. The lowest BCUT2D eigenvalue weighted by molar-refractivity contribution is -0.130. The first-order chi connectivity index (χ1) is 9.63. The van der Waals surface area contributed by atoms with Crippen molar-refractivity contribution in [2.45, 2.75) is 26.3 Å². The van der Waals surface area contributed by atoms with Crippen LogP contribution < -0.4 is 5.56 Å². The molecular weight excluding hydrogens is 252 g/mol. The number of carbonyl (C=O) groups is 1. The SMILES string of the molecule is CCCCN(C)C(=O)Cn1ccc2ccccc2c1=O. The largest absolute Gasteiger partial charge is 0.344 e. The number of hydrogen-bond donors (Lipinski definition) is 0. The van der Waals surface area contributed by atoms with Gasteiger partial charge in [0.05, 0.1) is 0 Å². The molecule has 1 aromatic carbocycles. The molecule has 0 unspecified atom stereocenters. The molecule has 4 nitrogen and oxygen atoms in total. The van der Waals surface area contributed by atoms with Gasteiger partial charge in [0.1, 0.15) is 6.54 Å². The Bertz CT molecular complexity index is 661. The van der Waals surface area contributed by atoms with E-state index < -0.39 is 0 Å². The Morgan fingerprint density at radius 1 is 1.25 bits per heavy atom. The van der Waals surface area contributed by atoms with Crippen LogP contribution >= 0.6 is 0 Å². The minimum absolute atomic E-state index is 0.0316. The number of aromatic nitrogens is 1. The van der Waals surface area contributed by atoms with Gasteiger partial charge in [0.2, 0.25) is 5.91 Å². The second-order valence-corrected chi connectivity index (χ2v) is 5.00. The molecule has 0 aliphatic heterocycles. The molecule has 0 bridgehead atoms. The molecule has 20 heavy (non-hydrogen) atoms. The number of fused-ring (bicyclic) bond motifs is 1. The number of hydrogen-bond acceptors (Lipinski definition) is 2. The molecule has 0 aliphatic carbocycles. The van der Waals surface area contributed by atoms with Crippen LogP contribution in [0.2, 0.25) is 0 Å². The van der Waals surface area contributed by atoms with Crippen LogP contribution in [0.3, 0.4) is 0 Å². The Labute approximate surface area is 118 Å². The predicted molar refractivity (Wildman–Crippen MR) is 80.8 cm³/mol. The maximum atomic E-state index is 12.3.